The van der Waals surface area contributed by atoms with Crippen LogP contribution in [0.15, 0.2) is 93.4 Å². The molecule has 90 valence electrons. The Hall–Kier alpha value is -1.38. The Morgan fingerprint density at radius 3 is 1.94 bits per heavy atom. The SMILES string of the molecule is C=C/C(=C\Sc1ccccc1)Sc1ccccc1. The predicted molar refractivity (Wildman–Crippen MR) is 82.9 cm³/mol. The highest BCUT2D eigenvalue weighted by Crippen LogP contribution is 2.30. The van der Waals surface area contributed by atoms with Crippen LogP contribution in [-0.4, -0.2) is 0 Å². The number of allylic oxidation sites excluding steroid dienone is 1. The summed E-state index contributed by atoms with van der Waals surface area (Å²) >= 11 is 3.45. The molecule has 0 fully saturated rings. The monoisotopic (exact) mass is 270 g/mol. The van der Waals surface area contributed by atoms with Crippen LogP contribution in [0.2, 0.25) is 0 Å². The molecule has 0 bridgehead atoms. The quantitative estimate of drug-likeness (QED) is 0.512. The first-order chi connectivity index (χ1) is 8.88. The van der Waals surface area contributed by atoms with Gasteiger partial charge in [0.15, 0.2) is 0 Å². The summed E-state index contributed by atoms with van der Waals surface area (Å²) in [5.74, 6) is 0. The number of hydrogen-bond donors (Lipinski definition) is 0. The zero-order chi connectivity index (χ0) is 12.6. The first-order valence-corrected chi connectivity index (χ1v) is 7.35. The van der Waals surface area contributed by atoms with E-state index in [-0.39, 0.29) is 0 Å². The minimum atomic E-state index is 1.16. The van der Waals surface area contributed by atoms with Crippen molar-refractivity contribution in [2.75, 3.05) is 0 Å². The fourth-order valence-corrected chi connectivity index (χ4v) is 3.01. The van der Waals surface area contributed by atoms with Gasteiger partial charge in [-0.15, -0.1) is 0 Å². The standard InChI is InChI=1S/C16H14S2/c1-2-14(18-16-11-7-4-8-12-16)13-17-15-9-5-3-6-10-15/h2-13H,1H2/b14-13+. The van der Waals surface area contributed by atoms with Gasteiger partial charge in [-0.3, -0.25) is 0 Å². The molecule has 0 amide bonds. The van der Waals surface area contributed by atoms with Gasteiger partial charge in [0.2, 0.25) is 0 Å². The van der Waals surface area contributed by atoms with Crippen LogP contribution in [0.1, 0.15) is 0 Å². The first-order valence-electron chi connectivity index (χ1n) is 5.66. The van der Waals surface area contributed by atoms with Crippen LogP contribution in [0, 0.1) is 0 Å². The number of rotatable bonds is 5. The zero-order valence-electron chi connectivity index (χ0n) is 9.95. The van der Waals surface area contributed by atoms with Gasteiger partial charge in [0, 0.05) is 14.7 Å². The second-order valence-electron chi connectivity index (χ2n) is 3.57. The molecule has 0 aliphatic rings. The molecular formula is C16H14S2. The number of benzene rings is 2. The van der Waals surface area contributed by atoms with Crippen LogP contribution in [0.25, 0.3) is 0 Å². The van der Waals surface area contributed by atoms with E-state index in [9.17, 15) is 0 Å². The van der Waals surface area contributed by atoms with Crippen molar-refractivity contribution in [1.29, 1.82) is 0 Å². The van der Waals surface area contributed by atoms with Crippen molar-refractivity contribution in [3.05, 3.63) is 83.6 Å². The smallest absolute Gasteiger partial charge is 0.0183 e. The molecule has 0 saturated carbocycles. The summed E-state index contributed by atoms with van der Waals surface area (Å²) in [7, 11) is 0. The van der Waals surface area contributed by atoms with E-state index in [2.05, 4.69) is 36.3 Å². The summed E-state index contributed by atoms with van der Waals surface area (Å²) in [6, 6.07) is 20.7. The van der Waals surface area contributed by atoms with Gasteiger partial charge in [-0.05, 0) is 29.7 Å². The molecule has 2 aromatic rings. The highest BCUT2D eigenvalue weighted by atomic mass is 32.2. The molecule has 2 aromatic carbocycles. The fraction of sp³-hybridized carbons (Fsp3) is 0. The van der Waals surface area contributed by atoms with Crippen molar-refractivity contribution in [1.82, 2.24) is 0 Å². The van der Waals surface area contributed by atoms with Crippen molar-refractivity contribution in [3.63, 3.8) is 0 Å². The Labute approximate surface area is 117 Å². The van der Waals surface area contributed by atoms with Crippen molar-refractivity contribution >= 4 is 23.5 Å². The van der Waals surface area contributed by atoms with Crippen molar-refractivity contribution in [2.24, 2.45) is 0 Å². The molecule has 0 saturated heterocycles. The average molecular weight is 270 g/mol. The fourth-order valence-electron chi connectivity index (χ4n) is 1.36. The van der Waals surface area contributed by atoms with Crippen LogP contribution < -0.4 is 0 Å². The van der Waals surface area contributed by atoms with Gasteiger partial charge in [0.25, 0.3) is 0 Å². The molecule has 0 heterocycles. The third kappa shape index (κ3) is 4.13. The Kier molecular flexibility index (Phi) is 5.18. The third-order valence-electron chi connectivity index (χ3n) is 2.23. The molecule has 0 aromatic heterocycles. The van der Waals surface area contributed by atoms with E-state index in [1.54, 1.807) is 23.5 Å². The molecular weight excluding hydrogens is 256 g/mol. The molecule has 2 rings (SSSR count). The van der Waals surface area contributed by atoms with Gasteiger partial charge in [0.1, 0.15) is 0 Å². The Morgan fingerprint density at radius 2 is 1.39 bits per heavy atom. The van der Waals surface area contributed by atoms with Gasteiger partial charge >= 0.3 is 0 Å². The van der Waals surface area contributed by atoms with E-state index < -0.39 is 0 Å². The Bertz CT molecular complexity index is 515. The molecule has 0 unspecified atom stereocenters. The van der Waals surface area contributed by atoms with Gasteiger partial charge in [0.05, 0.1) is 0 Å². The second-order valence-corrected chi connectivity index (χ2v) is 5.66. The van der Waals surface area contributed by atoms with E-state index in [0.717, 1.165) is 4.91 Å². The van der Waals surface area contributed by atoms with Crippen LogP contribution in [-0.2, 0) is 0 Å². The molecule has 0 N–H and O–H groups in total. The highest BCUT2D eigenvalue weighted by molar-refractivity contribution is 8.06. The van der Waals surface area contributed by atoms with Crippen molar-refractivity contribution in [2.45, 2.75) is 9.79 Å². The first kappa shape index (κ1) is 13.1. The lowest BCUT2D eigenvalue weighted by Gasteiger charge is -2.02. The van der Waals surface area contributed by atoms with E-state index in [0.29, 0.717) is 0 Å². The molecule has 0 atom stereocenters. The zero-order valence-corrected chi connectivity index (χ0v) is 11.6. The van der Waals surface area contributed by atoms with Gasteiger partial charge in [-0.2, -0.15) is 0 Å². The van der Waals surface area contributed by atoms with Gasteiger partial charge in [-0.1, -0.05) is 72.6 Å². The van der Waals surface area contributed by atoms with E-state index in [1.165, 1.54) is 9.79 Å². The Morgan fingerprint density at radius 1 is 0.833 bits per heavy atom. The normalized spacial score (nSPS) is 11.2. The van der Waals surface area contributed by atoms with E-state index >= 15 is 0 Å². The van der Waals surface area contributed by atoms with Crippen molar-refractivity contribution < 1.29 is 0 Å². The maximum atomic E-state index is 3.87. The van der Waals surface area contributed by atoms with Crippen LogP contribution >= 0.6 is 23.5 Å². The predicted octanol–water partition coefficient (Wildman–Crippen LogP) is 5.60. The molecule has 0 radical (unpaired) electrons. The maximum Gasteiger partial charge on any atom is 0.0183 e. The summed E-state index contributed by atoms with van der Waals surface area (Å²) in [6.45, 7) is 3.87. The lowest BCUT2D eigenvalue weighted by molar-refractivity contribution is 1.47. The lowest BCUT2D eigenvalue weighted by Crippen LogP contribution is -1.72. The molecule has 0 nitrogen and oxygen atoms in total. The van der Waals surface area contributed by atoms with Crippen LogP contribution in [0.3, 0.4) is 0 Å². The Balaban J connectivity index is 2.03. The maximum absolute atomic E-state index is 3.87. The van der Waals surface area contributed by atoms with Crippen molar-refractivity contribution in [3.8, 4) is 0 Å². The van der Waals surface area contributed by atoms with Crippen LogP contribution in [0.4, 0.5) is 0 Å². The molecule has 2 heteroatoms. The summed E-state index contributed by atoms with van der Waals surface area (Å²) in [5.41, 5.74) is 0. The highest BCUT2D eigenvalue weighted by Gasteiger charge is 1.97. The molecule has 18 heavy (non-hydrogen) atoms. The average Bonchev–Trinajstić information content (AvgIpc) is 2.45. The van der Waals surface area contributed by atoms with E-state index in [1.807, 2.05) is 42.5 Å². The van der Waals surface area contributed by atoms with Gasteiger partial charge in [-0.25, -0.2) is 0 Å². The lowest BCUT2D eigenvalue weighted by atomic mass is 10.4. The largest absolute Gasteiger partial charge is 0.0979 e. The third-order valence-corrected chi connectivity index (χ3v) is 4.33. The second kappa shape index (κ2) is 7.14. The van der Waals surface area contributed by atoms with E-state index in [4.69, 9.17) is 0 Å². The molecule has 0 spiro atoms. The summed E-state index contributed by atoms with van der Waals surface area (Å²) in [6.07, 6.45) is 1.90. The number of hydrogen-bond acceptors (Lipinski definition) is 2. The minimum Gasteiger partial charge on any atom is -0.0979 e. The summed E-state index contributed by atoms with van der Waals surface area (Å²) in [5, 5.41) is 2.14. The van der Waals surface area contributed by atoms with Crippen LogP contribution in [0.5, 0.6) is 0 Å². The topological polar surface area (TPSA) is 0 Å². The summed E-state index contributed by atoms with van der Waals surface area (Å²) in [4.78, 5) is 3.64. The molecule has 0 aliphatic heterocycles. The molecule has 0 aliphatic carbocycles. The summed E-state index contributed by atoms with van der Waals surface area (Å²) < 4.78 is 0. The van der Waals surface area contributed by atoms with Gasteiger partial charge < -0.3 is 0 Å². The minimum absolute atomic E-state index is 1.16. The number of thioether (sulfide) groups is 2.